The zero-order valence-corrected chi connectivity index (χ0v) is 9.40. The van der Waals surface area contributed by atoms with Crippen molar-refractivity contribution in [2.75, 3.05) is 19.6 Å². The molecule has 15 heavy (non-hydrogen) atoms. The fourth-order valence-electron chi connectivity index (χ4n) is 2.86. The van der Waals surface area contributed by atoms with E-state index < -0.39 is 0 Å². The van der Waals surface area contributed by atoms with Crippen LogP contribution in [0.15, 0.2) is 6.20 Å². The maximum absolute atomic E-state index is 4.68. The van der Waals surface area contributed by atoms with Crippen molar-refractivity contribution in [3.8, 4) is 0 Å². The molecule has 3 rings (SSSR count). The van der Waals surface area contributed by atoms with E-state index in [1.54, 1.807) is 0 Å². The van der Waals surface area contributed by atoms with Crippen LogP contribution in [0.3, 0.4) is 0 Å². The van der Waals surface area contributed by atoms with Gasteiger partial charge in [-0.1, -0.05) is 0 Å². The standard InChI is InChI=1S/C12H17N3/c1-8-9(2)14-12(5-13-8)11-7-15-4-3-10(11)6-15/h5,10-11H,3-4,6-7H2,1-2H3/t10-,11+/m1/s1. The van der Waals surface area contributed by atoms with Crippen LogP contribution < -0.4 is 0 Å². The SMILES string of the molecule is Cc1ncc([C@H]2CN3CC[C@@H]2C3)nc1C. The number of aromatic nitrogens is 2. The summed E-state index contributed by atoms with van der Waals surface area (Å²) in [6, 6.07) is 0. The van der Waals surface area contributed by atoms with E-state index in [0.717, 1.165) is 17.3 Å². The third-order valence-electron chi connectivity index (χ3n) is 3.92. The first-order chi connectivity index (χ1) is 7.24. The molecular formula is C12H17N3. The van der Waals surface area contributed by atoms with Crippen molar-refractivity contribution in [3.05, 3.63) is 23.3 Å². The molecule has 2 saturated heterocycles. The van der Waals surface area contributed by atoms with Crippen LogP contribution in [-0.2, 0) is 0 Å². The van der Waals surface area contributed by atoms with E-state index >= 15 is 0 Å². The van der Waals surface area contributed by atoms with E-state index in [1.165, 1.54) is 31.7 Å². The highest BCUT2D eigenvalue weighted by Gasteiger charge is 2.39. The molecule has 0 saturated carbocycles. The molecule has 0 radical (unpaired) electrons. The molecule has 2 aliphatic heterocycles. The van der Waals surface area contributed by atoms with Gasteiger partial charge in [0.1, 0.15) is 0 Å². The van der Waals surface area contributed by atoms with E-state index in [2.05, 4.69) is 21.8 Å². The van der Waals surface area contributed by atoms with Gasteiger partial charge in [0.25, 0.3) is 0 Å². The highest BCUT2D eigenvalue weighted by atomic mass is 15.2. The first kappa shape index (κ1) is 9.28. The Labute approximate surface area is 90.5 Å². The molecule has 3 heterocycles. The molecule has 0 spiro atoms. The molecule has 3 nitrogen and oxygen atoms in total. The van der Waals surface area contributed by atoms with Crippen molar-refractivity contribution in [2.45, 2.75) is 26.2 Å². The molecule has 0 N–H and O–H groups in total. The zero-order valence-electron chi connectivity index (χ0n) is 9.40. The van der Waals surface area contributed by atoms with Gasteiger partial charge in [0.05, 0.1) is 17.1 Å². The lowest BCUT2D eigenvalue weighted by molar-refractivity contribution is 0.343. The van der Waals surface area contributed by atoms with Gasteiger partial charge in [-0.25, -0.2) is 0 Å². The minimum Gasteiger partial charge on any atom is -0.302 e. The highest BCUT2D eigenvalue weighted by molar-refractivity contribution is 5.17. The molecule has 0 aromatic carbocycles. The number of aryl methyl sites for hydroxylation is 2. The van der Waals surface area contributed by atoms with Gasteiger partial charge in [-0.05, 0) is 32.7 Å². The molecule has 1 unspecified atom stereocenters. The summed E-state index contributed by atoms with van der Waals surface area (Å²) in [4.78, 5) is 11.7. The Balaban J connectivity index is 1.90. The second kappa shape index (κ2) is 3.27. The van der Waals surface area contributed by atoms with Crippen LogP contribution in [-0.4, -0.2) is 34.5 Å². The Kier molecular flexibility index (Phi) is 2.02. The smallest absolute Gasteiger partial charge is 0.0637 e. The monoisotopic (exact) mass is 203 g/mol. The third kappa shape index (κ3) is 1.46. The normalized spacial score (nSPS) is 33.6. The molecule has 1 aromatic heterocycles. The maximum atomic E-state index is 4.68. The molecule has 2 bridgehead atoms. The second-order valence-electron chi connectivity index (χ2n) is 4.88. The molecular weight excluding hydrogens is 186 g/mol. The number of hydrogen-bond acceptors (Lipinski definition) is 3. The Morgan fingerprint density at radius 1 is 1.27 bits per heavy atom. The van der Waals surface area contributed by atoms with Crippen molar-refractivity contribution < 1.29 is 0 Å². The topological polar surface area (TPSA) is 29.0 Å². The lowest BCUT2D eigenvalue weighted by Crippen LogP contribution is -2.23. The Morgan fingerprint density at radius 3 is 2.73 bits per heavy atom. The van der Waals surface area contributed by atoms with Gasteiger partial charge in [0.15, 0.2) is 0 Å². The van der Waals surface area contributed by atoms with E-state index in [1.807, 2.05) is 13.1 Å². The number of hydrogen-bond donors (Lipinski definition) is 0. The summed E-state index contributed by atoms with van der Waals surface area (Å²) in [6.45, 7) is 7.84. The lowest BCUT2D eigenvalue weighted by atomic mass is 9.90. The molecule has 3 atom stereocenters. The predicted octanol–water partition coefficient (Wildman–Crippen LogP) is 1.51. The van der Waals surface area contributed by atoms with E-state index in [4.69, 9.17) is 0 Å². The molecule has 2 aliphatic rings. The zero-order chi connectivity index (χ0) is 10.4. The van der Waals surface area contributed by atoms with Crippen LogP contribution >= 0.6 is 0 Å². The lowest BCUT2D eigenvalue weighted by Gasteiger charge is -2.21. The van der Waals surface area contributed by atoms with Crippen LogP contribution in [0, 0.1) is 19.8 Å². The van der Waals surface area contributed by atoms with Gasteiger partial charge in [0.2, 0.25) is 0 Å². The van der Waals surface area contributed by atoms with E-state index in [-0.39, 0.29) is 0 Å². The van der Waals surface area contributed by atoms with Crippen LogP contribution in [0.25, 0.3) is 0 Å². The van der Waals surface area contributed by atoms with Crippen LogP contribution in [0.5, 0.6) is 0 Å². The molecule has 1 aromatic rings. The molecule has 80 valence electrons. The summed E-state index contributed by atoms with van der Waals surface area (Å²) in [6.07, 6.45) is 3.33. The van der Waals surface area contributed by atoms with Gasteiger partial charge < -0.3 is 4.90 Å². The molecule has 2 fully saturated rings. The van der Waals surface area contributed by atoms with Crippen molar-refractivity contribution in [2.24, 2.45) is 5.92 Å². The number of fused-ring (bicyclic) bond motifs is 2. The minimum absolute atomic E-state index is 0.644. The Hall–Kier alpha value is -0.960. The number of piperidine rings is 1. The largest absolute Gasteiger partial charge is 0.302 e. The fraction of sp³-hybridized carbons (Fsp3) is 0.667. The highest BCUT2D eigenvalue weighted by Crippen LogP contribution is 2.38. The molecule has 0 amide bonds. The maximum Gasteiger partial charge on any atom is 0.0637 e. The van der Waals surface area contributed by atoms with E-state index in [9.17, 15) is 0 Å². The van der Waals surface area contributed by atoms with Gasteiger partial charge in [-0.3, -0.25) is 9.97 Å². The summed E-state index contributed by atoms with van der Waals surface area (Å²) in [5.74, 6) is 1.48. The summed E-state index contributed by atoms with van der Waals surface area (Å²) < 4.78 is 0. The van der Waals surface area contributed by atoms with Crippen LogP contribution in [0.2, 0.25) is 0 Å². The Bertz CT molecular complexity index is 388. The molecule has 0 aliphatic carbocycles. The van der Waals surface area contributed by atoms with Crippen LogP contribution in [0.1, 0.15) is 29.4 Å². The van der Waals surface area contributed by atoms with Gasteiger partial charge in [-0.2, -0.15) is 0 Å². The minimum atomic E-state index is 0.644. The summed E-state index contributed by atoms with van der Waals surface area (Å²) in [7, 11) is 0. The Morgan fingerprint density at radius 2 is 2.13 bits per heavy atom. The first-order valence-corrected chi connectivity index (χ1v) is 5.76. The fourth-order valence-corrected chi connectivity index (χ4v) is 2.86. The number of nitrogens with zero attached hydrogens (tertiary/aromatic N) is 3. The summed E-state index contributed by atoms with van der Waals surface area (Å²) >= 11 is 0. The summed E-state index contributed by atoms with van der Waals surface area (Å²) in [5, 5.41) is 0. The average Bonchev–Trinajstić information content (AvgIpc) is 2.83. The van der Waals surface area contributed by atoms with Crippen molar-refractivity contribution in [3.63, 3.8) is 0 Å². The van der Waals surface area contributed by atoms with Gasteiger partial charge >= 0.3 is 0 Å². The van der Waals surface area contributed by atoms with Crippen molar-refractivity contribution in [1.29, 1.82) is 0 Å². The van der Waals surface area contributed by atoms with Gasteiger partial charge in [0, 0.05) is 25.2 Å². The first-order valence-electron chi connectivity index (χ1n) is 5.76. The number of rotatable bonds is 1. The average molecular weight is 203 g/mol. The predicted molar refractivity (Wildman–Crippen MR) is 58.8 cm³/mol. The molecule has 3 heteroatoms. The summed E-state index contributed by atoms with van der Waals surface area (Å²) in [5.41, 5.74) is 3.36. The van der Waals surface area contributed by atoms with Crippen molar-refractivity contribution >= 4 is 0 Å². The van der Waals surface area contributed by atoms with Crippen LogP contribution in [0.4, 0.5) is 0 Å². The van der Waals surface area contributed by atoms with Crippen molar-refractivity contribution in [1.82, 2.24) is 14.9 Å². The third-order valence-corrected chi connectivity index (χ3v) is 3.92. The second-order valence-corrected chi connectivity index (χ2v) is 4.88. The van der Waals surface area contributed by atoms with Gasteiger partial charge in [-0.15, -0.1) is 0 Å². The quantitative estimate of drug-likeness (QED) is 0.693. The van der Waals surface area contributed by atoms with E-state index in [0.29, 0.717) is 5.92 Å².